The monoisotopic (exact) mass is 500 g/mol. The lowest BCUT2D eigenvalue weighted by Gasteiger charge is -2.37. The molecule has 1 aliphatic heterocycles. The molecule has 194 valence electrons. The Labute approximate surface area is 220 Å². The Bertz CT molecular complexity index is 1170. The van der Waals surface area contributed by atoms with Crippen LogP contribution in [0.15, 0.2) is 54.6 Å². The van der Waals surface area contributed by atoms with Crippen LogP contribution in [0.25, 0.3) is 11.4 Å². The van der Waals surface area contributed by atoms with Crippen molar-refractivity contribution in [3.63, 3.8) is 0 Å². The highest BCUT2D eigenvalue weighted by atomic mass is 16.5. The van der Waals surface area contributed by atoms with Gasteiger partial charge >= 0.3 is 0 Å². The van der Waals surface area contributed by atoms with E-state index >= 15 is 0 Å². The minimum Gasteiger partial charge on any atom is -0.389 e. The van der Waals surface area contributed by atoms with E-state index in [1.807, 2.05) is 30.3 Å². The van der Waals surface area contributed by atoms with Gasteiger partial charge in [0.15, 0.2) is 5.82 Å². The molecule has 1 aliphatic rings. The number of aryl methyl sites for hydroxylation is 1. The first-order valence-electron chi connectivity index (χ1n) is 12.7. The minimum absolute atomic E-state index is 0.218. The van der Waals surface area contributed by atoms with E-state index in [0.29, 0.717) is 19.0 Å². The SMILES string of the molecule is C#CCOCC(O)CN1CCN(c2nc(-c3ccccc3)nc(COC)c2Cc2ccc(C)cc2)CC1. The predicted octanol–water partition coefficient (Wildman–Crippen LogP) is 3.32. The zero-order valence-electron chi connectivity index (χ0n) is 21.8. The van der Waals surface area contributed by atoms with E-state index < -0.39 is 6.10 Å². The molecule has 0 radical (unpaired) electrons. The predicted molar refractivity (Wildman–Crippen MR) is 146 cm³/mol. The number of hydrogen-bond donors (Lipinski definition) is 1. The van der Waals surface area contributed by atoms with E-state index in [9.17, 15) is 5.11 Å². The van der Waals surface area contributed by atoms with Crippen LogP contribution in [0.1, 0.15) is 22.4 Å². The van der Waals surface area contributed by atoms with Crippen LogP contribution in [0, 0.1) is 19.3 Å². The Morgan fingerprint density at radius 2 is 1.76 bits per heavy atom. The highest BCUT2D eigenvalue weighted by Gasteiger charge is 2.25. The van der Waals surface area contributed by atoms with Gasteiger partial charge in [0.05, 0.1) is 25.0 Å². The van der Waals surface area contributed by atoms with Crippen LogP contribution in [-0.2, 0) is 22.5 Å². The summed E-state index contributed by atoms with van der Waals surface area (Å²) in [5.41, 5.74) is 5.45. The second-order valence-corrected chi connectivity index (χ2v) is 9.42. The van der Waals surface area contributed by atoms with Gasteiger partial charge in [0.25, 0.3) is 0 Å². The number of terminal acetylenes is 1. The molecule has 0 spiro atoms. The van der Waals surface area contributed by atoms with Gasteiger partial charge in [-0.2, -0.15) is 0 Å². The molecule has 2 heterocycles. The first kappa shape index (κ1) is 26.8. The van der Waals surface area contributed by atoms with Crippen molar-refractivity contribution >= 4 is 5.82 Å². The van der Waals surface area contributed by atoms with Crippen LogP contribution in [0.4, 0.5) is 5.82 Å². The van der Waals surface area contributed by atoms with Crippen LogP contribution >= 0.6 is 0 Å². The molecule has 0 amide bonds. The standard InChI is InChI=1S/C30H36N4O3/c1-4-18-37-21-26(35)20-33-14-16-34(17-15-33)30-27(19-24-12-10-23(2)11-13-24)28(22-36-3)31-29(32-30)25-8-6-5-7-9-25/h1,5-13,26,35H,14-22H2,2-3H3. The number of rotatable bonds is 11. The van der Waals surface area contributed by atoms with Crippen LogP contribution in [0.5, 0.6) is 0 Å². The van der Waals surface area contributed by atoms with E-state index in [2.05, 4.69) is 46.9 Å². The Morgan fingerprint density at radius 3 is 2.43 bits per heavy atom. The average molecular weight is 501 g/mol. The smallest absolute Gasteiger partial charge is 0.161 e. The zero-order valence-corrected chi connectivity index (χ0v) is 21.8. The van der Waals surface area contributed by atoms with Crippen LogP contribution < -0.4 is 4.90 Å². The lowest BCUT2D eigenvalue weighted by molar-refractivity contribution is 0.0267. The average Bonchev–Trinajstić information content (AvgIpc) is 2.92. The topological polar surface area (TPSA) is 71.0 Å². The zero-order chi connectivity index (χ0) is 26.0. The van der Waals surface area contributed by atoms with E-state index in [4.69, 9.17) is 25.9 Å². The molecule has 7 heteroatoms. The summed E-state index contributed by atoms with van der Waals surface area (Å²) in [7, 11) is 1.71. The van der Waals surface area contributed by atoms with Crippen molar-refractivity contribution in [3.05, 3.63) is 77.0 Å². The molecule has 7 nitrogen and oxygen atoms in total. The highest BCUT2D eigenvalue weighted by molar-refractivity contribution is 5.61. The fourth-order valence-electron chi connectivity index (χ4n) is 4.59. The lowest BCUT2D eigenvalue weighted by Crippen LogP contribution is -2.49. The van der Waals surface area contributed by atoms with Gasteiger partial charge in [0.2, 0.25) is 0 Å². The molecule has 0 aliphatic carbocycles. The summed E-state index contributed by atoms with van der Waals surface area (Å²) in [5, 5.41) is 10.3. The number of anilines is 1. The second kappa shape index (κ2) is 13.3. The second-order valence-electron chi connectivity index (χ2n) is 9.42. The molecule has 0 saturated carbocycles. The Morgan fingerprint density at radius 1 is 1.03 bits per heavy atom. The first-order valence-corrected chi connectivity index (χ1v) is 12.7. The largest absolute Gasteiger partial charge is 0.389 e. The molecular weight excluding hydrogens is 464 g/mol. The summed E-state index contributed by atoms with van der Waals surface area (Å²) in [6.45, 7) is 6.78. The quantitative estimate of drug-likeness (QED) is 0.320. The summed E-state index contributed by atoms with van der Waals surface area (Å²) >= 11 is 0. The molecule has 1 fully saturated rings. The van der Waals surface area contributed by atoms with Crippen molar-refractivity contribution in [1.82, 2.24) is 14.9 Å². The van der Waals surface area contributed by atoms with Crippen LogP contribution in [-0.4, -0.2) is 79.1 Å². The van der Waals surface area contributed by atoms with E-state index in [0.717, 1.165) is 55.2 Å². The number of aromatic nitrogens is 2. The Balaban J connectivity index is 1.60. The van der Waals surface area contributed by atoms with Gasteiger partial charge in [-0.3, -0.25) is 4.90 Å². The maximum absolute atomic E-state index is 10.3. The Hall–Kier alpha value is -3.28. The van der Waals surface area contributed by atoms with Crippen molar-refractivity contribution in [1.29, 1.82) is 0 Å². The minimum atomic E-state index is -0.561. The van der Waals surface area contributed by atoms with Crippen molar-refractivity contribution in [2.24, 2.45) is 0 Å². The number of methoxy groups -OCH3 is 1. The van der Waals surface area contributed by atoms with Crippen molar-refractivity contribution < 1.29 is 14.6 Å². The summed E-state index contributed by atoms with van der Waals surface area (Å²) in [4.78, 5) is 14.7. The maximum atomic E-state index is 10.3. The molecule has 1 saturated heterocycles. The number of piperazine rings is 1. The number of aliphatic hydroxyl groups excluding tert-OH is 1. The van der Waals surface area contributed by atoms with Gasteiger partial charge < -0.3 is 19.5 Å². The van der Waals surface area contributed by atoms with E-state index in [1.54, 1.807) is 7.11 Å². The molecule has 1 N–H and O–H groups in total. The molecular formula is C30H36N4O3. The lowest BCUT2D eigenvalue weighted by atomic mass is 10.0. The van der Waals surface area contributed by atoms with Gasteiger partial charge in [0.1, 0.15) is 12.4 Å². The van der Waals surface area contributed by atoms with Gasteiger partial charge in [-0.1, -0.05) is 66.1 Å². The molecule has 4 rings (SSSR count). The third kappa shape index (κ3) is 7.37. The van der Waals surface area contributed by atoms with Crippen molar-refractivity contribution in [3.8, 4) is 23.7 Å². The number of aliphatic hydroxyl groups is 1. The van der Waals surface area contributed by atoms with Gasteiger partial charge in [-0.05, 0) is 12.5 Å². The van der Waals surface area contributed by atoms with Crippen LogP contribution in [0.2, 0.25) is 0 Å². The molecule has 0 bridgehead atoms. The Kier molecular flexibility index (Phi) is 9.64. The molecule has 1 aromatic heterocycles. The molecule has 3 aromatic rings. The highest BCUT2D eigenvalue weighted by Crippen LogP contribution is 2.29. The van der Waals surface area contributed by atoms with E-state index in [1.165, 1.54) is 11.1 Å². The molecule has 1 atom stereocenters. The van der Waals surface area contributed by atoms with Gasteiger partial charge in [0, 0.05) is 57.4 Å². The van der Waals surface area contributed by atoms with Crippen molar-refractivity contribution in [2.45, 2.75) is 26.1 Å². The third-order valence-corrected chi connectivity index (χ3v) is 6.52. The molecule has 2 aromatic carbocycles. The molecule has 37 heavy (non-hydrogen) atoms. The van der Waals surface area contributed by atoms with Gasteiger partial charge in [-0.15, -0.1) is 6.42 Å². The summed E-state index contributed by atoms with van der Waals surface area (Å²) in [6.07, 6.45) is 5.39. The number of β-amino-alcohol motifs (C(OH)–C–C–N with tert-alkyl or cyclic N) is 1. The summed E-state index contributed by atoms with van der Waals surface area (Å²) in [5.74, 6) is 4.10. The summed E-state index contributed by atoms with van der Waals surface area (Å²) in [6, 6.07) is 18.7. The van der Waals surface area contributed by atoms with Gasteiger partial charge in [-0.25, -0.2) is 9.97 Å². The van der Waals surface area contributed by atoms with Crippen molar-refractivity contribution in [2.75, 3.05) is 57.9 Å². The normalized spacial score (nSPS) is 14.9. The third-order valence-electron chi connectivity index (χ3n) is 6.52. The fraction of sp³-hybridized carbons (Fsp3) is 0.400. The first-order chi connectivity index (χ1) is 18.1. The molecule has 1 unspecified atom stereocenters. The number of hydrogen-bond acceptors (Lipinski definition) is 7. The maximum Gasteiger partial charge on any atom is 0.161 e. The fourth-order valence-corrected chi connectivity index (χ4v) is 4.59. The summed E-state index contributed by atoms with van der Waals surface area (Å²) < 4.78 is 10.9. The number of ether oxygens (including phenoxy) is 2. The van der Waals surface area contributed by atoms with E-state index in [-0.39, 0.29) is 13.2 Å². The van der Waals surface area contributed by atoms with Crippen LogP contribution in [0.3, 0.4) is 0 Å². The number of nitrogens with zero attached hydrogens (tertiary/aromatic N) is 4. The number of benzene rings is 2.